The van der Waals surface area contributed by atoms with E-state index in [-0.39, 0.29) is 18.4 Å². The normalized spacial score (nSPS) is 17.5. The summed E-state index contributed by atoms with van der Waals surface area (Å²) in [6.07, 6.45) is 1.88. The van der Waals surface area contributed by atoms with Crippen molar-refractivity contribution in [3.8, 4) is 10.7 Å². The molecule has 28 heavy (non-hydrogen) atoms. The number of amides is 1. The minimum absolute atomic E-state index is 0.0275. The molecule has 2 aromatic heterocycles. The van der Waals surface area contributed by atoms with E-state index in [2.05, 4.69) is 20.4 Å². The van der Waals surface area contributed by atoms with Gasteiger partial charge >= 0.3 is 0 Å². The summed E-state index contributed by atoms with van der Waals surface area (Å²) in [5.74, 6) is 0.957. The van der Waals surface area contributed by atoms with Gasteiger partial charge < -0.3 is 9.84 Å². The average Bonchev–Trinajstić information content (AvgIpc) is 3.40. The molecule has 1 aliphatic heterocycles. The zero-order valence-electron chi connectivity index (χ0n) is 15.3. The highest BCUT2D eigenvalue weighted by molar-refractivity contribution is 7.13. The van der Waals surface area contributed by atoms with Crippen LogP contribution in [0.25, 0.3) is 10.7 Å². The van der Waals surface area contributed by atoms with Crippen LogP contribution in [-0.2, 0) is 17.9 Å². The summed E-state index contributed by atoms with van der Waals surface area (Å²) in [7, 11) is 0. The standard InChI is InChI=1S/C20H21ClN4O2S/c21-16-7-2-1-5-14(16)12-25-9-3-6-15(13-25)20(26)22-11-18-23-19(24-27-18)17-8-4-10-28-17/h1-2,4-5,7-8,10,15H,3,6,9,11-13H2,(H,22,26)/t15-/m0/s1. The third-order valence-corrected chi connectivity index (χ3v) is 6.09. The largest absolute Gasteiger partial charge is 0.347 e. The minimum atomic E-state index is -0.0454. The number of rotatable bonds is 6. The highest BCUT2D eigenvalue weighted by Gasteiger charge is 2.26. The maximum Gasteiger partial charge on any atom is 0.246 e. The zero-order chi connectivity index (χ0) is 19.3. The molecule has 0 spiro atoms. The van der Waals surface area contributed by atoms with Gasteiger partial charge in [-0.15, -0.1) is 11.3 Å². The Hall–Kier alpha value is -2.22. The second kappa shape index (κ2) is 8.86. The van der Waals surface area contributed by atoms with Crippen LogP contribution in [0.5, 0.6) is 0 Å². The quantitative estimate of drug-likeness (QED) is 0.658. The van der Waals surface area contributed by atoms with Crippen LogP contribution in [0.1, 0.15) is 24.3 Å². The van der Waals surface area contributed by atoms with Crippen LogP contribution in [0.2, 0.25) is 5.02 Å². The molecular formula is C20H21ClN4O2S. The maximum atomic E-state index is 12.6. The predicted octanol–water partition coefficient (Wildman–Crippen LogP) is 3.98. The number of thiophene rings is 1. The molecule has 0 unspecified atom stereocenters. The van der Waals surface area contributed by atoms with Gasteiger partial charge in [0.1, 0.15) is 0 Å². The molecule has 0 radical (unpaired) electrons. The Balaban J connectivity index is 1.30. The Labute approximate surface area is 172 Å². The van der Waals surface area contributed by atoms with E-state index in [0.29, 0.717) is 11.7 Å². The van der Waals surface area contributed by atoms with Crippen molar-refractivity contribution in [1.29, 1.82) is 0 Å². The van der Waals surface area contributed by atoms with E-state index in [1.54, 1.807) is 11.3 Å². The van der Waals surface area contributed by atoms with Crippen LogP contribution in [0, 0.1) is 5.92 Å². The van der Waals surface area contributed by atoms with E-state index in [9.17, 15) is 4.79 Å². The number of carbonyl (C=O) groups excluding carboxylic acids is 1. The number of halogens is 1. The first kappa shape index (κ1) is 19.1. The summed E-state index contributed by atoms with van der Waals surface area (Å²) in [6.45, 7) is 2.71. The van der Waals surface area contributed by atoms with Gasteiger partial charge in [0, 0.05) is 18.1 Å². The third-order valence-electron chi connectivity index (χ3n) is 4.85. The third kappa shape index (κ3) is 4.60. The van der Waals surface area contributed by atoms with E-state index >= 15 is 0 Å². The Morgan fingerprint density at radius 3 is 3.04 bits per heavy atom. The topological polar surface area (TPSA) is 71.3 Å². The number of nitrogens with zero attached hydrogens (tertiary/aromatic N) is 3. The van der Waals surface area contributed by atoms with E-state index in [1.165, 1.54) is 0 Å². The summed E-state index contributed by atoms with van der Waals surface area (Å²) < 4.78 is 5.25. The van der Waals surface area contributed by atoms with Gasteiger partial charge in [-0.1, -0.05) is 41.0 Å². The molecule has 0 bridgehead atoms. The van der Waals surface area contributed by atoms with Crippen molar-refractivity contribution < 1.29 is 9.32 Å². The number of nitrogens with one attached hydrogen (secondary N) is 1. The Morgan fingerprint density at radius 2 is 2.21 bits per heavy atom. The van der Waals surface area contributed by atoms with E-state index in [0.717, 1.165) is 47.9 Å². The van der Waals surface area contributed by atoms with Crippen LogP contribution in [-0.4, -0.2) is 34.0 Å². The van der Waals surface area contributed by atoms with Gasteiger partial charge in [-0.3, -0.25) is 9.69 Å². The highest BCUT2D eigenvalue weighted by atomic mass is 35.5. The molecule has 1 aromatic carbocycles. The summed E-state index contributed by atoms with van der Waals surface area (Å²) in [4.78, 5) is 20.2. The van der Waals surface area contributed by atoms with Gasteiger partial charge in [-0.05, 0) is 42.5 Å². The van der Waals surface area contributed by atoms with Crippen molar-refractivity contribution >= 4 is 28.8 Å². The lowest BCUT2D eigenvalue weighted by Gasteiger charge is -2.32. The fourth-order valence-electron chi connectivity index (χ4n) is 3.42. The molecular weight excluding hydrogens is 396 g/mol. The van der Waals surface area contributed by atoms with Gasteiger partial charge in [0.05, 0.1) is 17.3 Å². The molecule has 1 amide bonds. The number of aromatic nitrogens is 2. The molecule has 1 fully saturated rings. The van der Waals surface area contributed by atoms with E-state index in [1.807, 2.05) is 41.8 Å². The van der Waals surface area contributed by atoms with Crippen LogP contribution >= 0.6 is 22.9 Å². The second-order valence-corrected chi connectivity index (χ2v) is 8.23. The predicted molar refractivity (Wildman–Crippen MR) is 109 cm³/mol. The highest BCUT2D eigenvalue weighted by Crippen LogP contribution is 2.23. The lowest BCUT2D eigenvalue weighted by Crippen LogP contribution is -2.42. The van der Waals surface area contributed by atoms with Crippen molar-refractivity contribution in [3.63, 3.8) is 0 Å². The second-order valence-electron chi connectivity index (χ2n) is 6.87. The summed E-state index contributed by atoms with van der Waals surface area (Å²) >= 11 is 7.82. The maximum absolute atomic E-state index is 12.6. The molecule has 0 saturated carbocycles. The summed E-state index contributed by atoms with van der Waals surface area (Å²) in [5.41, 5.74) is 1.09. The fraction of sp³-hybridized carbons (Fsp3) is 0.350. The molecule has 146 valence electrons. The van der Waals surface area contributed by atoms with Crippen molar-refractivity contribution in [2.45, 2.75) is 25.9 Å². The van der Waals surface area contributed by atoms with Crippen LogP contribution in [0.15, 0.2) is 46.3 Å². The first-order chi connectivity index (χ1) is 13.7. The van der Waals surface area contributed by atoms with Crippen LogP contribution < -0.4 is 5.32 Å². The van der Waals surface area contributed by atoms with E-state index in [4.69, 9.17) is 16.1 Å². The fourth-order valence-corrected chi connectivity index (χ4v) is 4.26. The van der Waals surface area contributed by atoms with Gasteiger partial charge in [0.25, 0.3) is 0 Å². The molecule has 6 nitrogen and oxygen atoms in total. The lowest BCUT2D eigenvalue weighted by atomic mass is 9.96. The average molecular weight is 417 g/mol. The molecule has 8 heteroatoms. The Bertz CT molecular complexity index is 928. The number of carbonyl (C=O) groups is 1. The Morgan fingerprint density at radius 1 is 1.32 bits per heavy atom. The van der Waals surface area contributed by atoms with Gasteiger partial charge in [0.15, 0.2) is 0 Å². The van der Waals surface area contributed by atoms with Crippen molar-refractivity contribution in [3.05, 3.63) is 58.3 Å². The molecule has 4 rings (SSSR count). The van der Waals surface area contributed by atoms with Crippen molar-refractivity contribution in [2.24, 2.45) is 5.92 Å². The molecule has 1 N–H and O–H groups in total. The van der Waals surface area contributed by atoms with E-state index < -0.39 is 0 Å². The van der Waals surface area contributed by atoms with Crippen LogP contribution in [0.3, 0.4) is 0 Å². The monoisotopic (exact) mass is 416 g/mol. The molecule has 3 heterocycles. The first-order valence-electron chi connectivity index (χ1n) is 9.29. The number of hydrogen-bond donors (Lipinski definition) is 1. The van der Waals surface area contributed by atoms with Gasteiger partial charge in [-0.25, -0.2) is 0 Å². The van der Waals surface area contributed by atoms with Crippen molar-refractivity contribution in [1.82, 2.24) is 20.4 Å². The zero-order valence-corrected chi connectivity index (χ0v) is 16.9. The number of hydrogen-bond acceptors (Lipinski definition) is 6. The SMILES string of the molecule is O=C(NCc1nc(-c2cccs2)no1)[C@H]1CCCN(Cc2ccccc2Cl)C1. The number of piperidine rings is 1. The molecule has 1 aliphatic rings. The number of likely N-dealkylation sites (tertiary alicyclic amines) is 1. The molecule has 1 atom stereocenters. The Kier molecular flexibility index (Phi) is 6.04. The minimum Gasteiger partial charge on any atom is -0.347 e. The van der Waals surface area contributed by atoms with Gasteiger partial charge in [0.2, 0.25) is 17.6 Å². The van der Waals surface area contributed by atoms with Crippen LogP contribution in [0.4, 0.5) is 0 Å². The number of benzene rings is 1. The van der Waals surface area contributed by atoms with Gasteiger partial charge in [-0.2, -0.15) is 4.98 Å². The first-order valence-corrected chi connectivity index (χ1v) is 10.5. The smallest absolute Gasteiger partial charge is 0.246 e. The summed E-state index contributed by atoms with van der Waals surface area (Å²) in [6, 6.07) is 11.7. The summed E-state index contributed by atoms with van der Waals surface area (Å²) in [5, 5.41) is 9.64. The molecule has 3 aromatic rings. The van der Waals surface area contributed by atoms with Crippen molar-refractivity contribution in [2.75, 3.05) is 13.1 Å². The lowest BCUT2D eigenvalue weighted by molar-refractivity contribution is -0.127. The molecule has 1 saturated heterocycles. The molecule has 0 aliphatic carbocycles.